The van der Waals surface area contributed by atoms with E-state index in [1.807, 2.05) is 6.07 Å². The van der Waals surface area contributed by atoms with Crippen LogP contribution in [0.1, 0.15) is 37.3 Å². The van der Waals surface area contributed by atoms with Crippen LogP contribution in [0.2, 0.25) is 0 Å². The summed E-state index contributed by atoms with van der Waals surface area (Å²) in [6, 6.07) is 8.33. The molecule has 1 unspecified atom stereocenters. The Morgan fingerprint density at radius 2 is 2.21 bits per heavy atom. The van der Waals surface area contributed by atoms with E-state index < -0.39 is 0 Å². The van der Waals surface area contributed by atoms with Crippen molar-refractivity contribution in [1.29, 1.82) is 0 Å². The zero-order valence-electron chi connectivity index (χ0n) is 11.5. The molecule has 100 valence electrons. The molecule has 0 saturated carbocycles. The highest BCUT2D eigenvalue weighted by molar-refractivity contribution is 6.05. The molecule has 0 amide bonds. The molecule has 1 aromatic carbocycles. The Labute approximate surface area is 114 Å². The number of rotatable bonds is 4. The Morgan fingerprint density at radius 3 is 2.89 bits per heavy atom. The summed E-state index contributed by atoms with van der Waals surface area (Å²) >= 11 is 0. The van der Waals surface area contributed by atoms with Gasteiger partial charge >= 0.3 is 0 Å². The van der Waals surface area contributed by atoms with Crippen LogP contribution in [0.5, 0.6) is 0 Å². The number of hydrogen-bond donors (Lipinski definition) is 1. The largest absolute Gasteiger partial charge is 0.316 e. The molecule has 0 bridgehead atoms. The summed E-state index contributed by atoms with van der Waals surface area (Å²) in [4.78, 5) is 12.9. The fourth-order valence-corrected chi connectivity index (χ4v) is 3.51. The zero-order chi connectivity index (χ0) is 13.3. The third-order valence-corrected chi connectivity index (χ3v) is 4.51. The molecule has 1 aromatic rings. The summed E-state index contributed by atoms with van der Waals surface area (Å²) in [5.41, 5.74) is 3.40. The van der Waals surface area contributed by atoms with E-state index in [2.05, 4.69) is 36.5 Å². The summed E-state index contributed by atoms with van der Waals surface area (Å²) in [7, 11) is 0. The average molecular weight is 255 g/mol. The number of ketones is 1. The lowest BCUT2D eigenvalue weighted by molar-refractivity contribution is -0.124. The van der Waals surface area contributed by atoms with Crippen molar-refractivity contribution in [3.05, 3.63) is 41.0 Å². The molecular weight excluding hydrogens is 234 g/mol. The number of benzene rings is 1. The van der Waals surface area contributed by atoms with Gasteiger partial charge in [-0.25, -0.2) is 0 Å². The van der Waals surface area contributed by atoms with Crippen LogP contribution in [0.15, 0.2) is 29.8 Å². The van der Waals surface area contributed by atoms with E-state index in [9.17, 15) is 4.79 Å². The molecule has 0 spiro atoms. The molecule has 1 heterocycles. The van der Waals surface area contributed by atoms with Crippen molar-refractivity contribution in [2.24, 2.45) is 5.41 Å². The van der Waals surface area contributed by atoms with E-state index in [4.69, 9.17) is 0 Å². The summed E-state index contributed by atoms with van der Waals surface area (Å²) in [6.07, 6.45) is 6.00. The lowest BCUT2D eigenvalue weighted by atomic mass is 9.75. The molecule has 2 aliphatic rings. The zero-order valence-corrected chi connectivity index (χ0v) is 11.5. The number of carbonyl (C=O) groups is 1. The highest BCUT2D eigenvalue weighted by atomic mass is 16.1. The molecule has 1 aliphatic carbocycles. The van der Waals surface area contributed by atoms with Gasteiger partial charge in [0.2, 0.25) is 0 Å². The Bertz CT molecular complexity index is 524. The third kappa shape index (κ3) is 2.14. The molecule has 1 N–H and O–H groups in total. The van der Waals surface area contributed by atoms with Crippen LogP contribution >= 0.6 is 0 Å². The monoisotopic (exact) mass is 255 g/mol. The van der Waals surface area contributed by atoms with E-state index in [1.165, 1.54) is 11.1 Å². The van der Waals surface area contributed by atoms with Gasteiger partial charge in [-0.1, -0.05) is 37.6 Å². The molecule has 0 radical (unpaired) electrons. The summed E-state index contributed by atoms with van der Waals surface area (Å²) in [5, 5.41) is 3.38. The number of fused-ring (bicyclic) bond motifs is 1. The second kappa shape index (κ2) is 4.93. The molecule has 0 aromatic heterocycles. The second-order valence-electron chi connectivity index (χ2n) is 5.83. The van der Waals surface area contributed by atoms with Gasteiger partial charge < -0.3 is 5.32 Å². The van der Waals surface area contributed by atoms with Crippen LogP contribution < -0.4 is 5.32 Å². The molecule has 1 saturated heterocycles. The Balaban J connectivity index is 1.86. The van der Waals surface area contributed by atoms with E-state index in [-0.39, 0.29) is 5.41 Å². The van der Waals surface area contributed by atoms with Gasteiger partial charge in [0.05, 0.1) is 0 Å². The number of nitrogens with one attached hydrogen (secondary N) is 1. The maximum atomic E-state index is 12.9. The van der Waals surface area contributed by atoms with Crippen molar-refractivity contribution < 1.29 is 4.79 Å². The van der Waals surface area contributed by atoms with Crippen LogP contribution in [-0.2, 0) is 11.2 Å². The fraction of sp³-hybridized carbons (Fsp3) is 0.471. The van der Waals surface area contributed by atoms with Gasteiger partial charge in [0.15, 0.2) is 5.78 Å². The summed E-state index contributed by atoms with van der Waals surface area (Å²) in [6.45, 7) is 4.00. The SMILES string of the molecule is CCCC1(C(=O)C2=Cc3ccccc3C2)CCNC1. The molecular formula is C17H21NO. The maximum Gasteiger partial charge on any atom is 0.166 e. The Morgan fingerprint density at radius 1 is 1.37 bits per heavy atom. The first kappa shape index (κ1) is 12.6. The molecule has 1 aliphatic heterocycles. The highest BCUT2D eigenvalue weighted by Gasteiger charge is 2.41. The molecule has 19 heavy (non-hydrogen) atoms. The normalized spacial score (nSPS) is 25.2. The highest BCUT2D eigenvalue weighted by Crippen LogP contribution is 2.38. The summed E-state index contributed by atoms with van der Waals surface area (Å²) < 4.78 is 0. The van der Waals surface area contributed by atoms with Crippen molar-refractivity contribution in [3.63, 3.8) is 0 Å². The van der Waals surface area contributed by atoms with Crippen molar-refractivity contribution in [1.82, 2.24) is 5.32 Å². The predicted octanol–water partition coefficient (Wildman–Crippen LogP) is 2.98. The van der Waals surface area contributed by atoms with Crippen LogP contribution in [-0.4, -0.2) is 18.9 Å². The third-order valence-electron chi connectivity index (χ3n) is 4.51. The van der Waals surface area contributed by atoms with E-state index in [0.717, 1.165) is 44.3 Å². The van der Waals surface area contributed by atoms with Crippen molar-refractivity contribution >= 4 is 11.9 Å². The number of Topliss-reactive ketones (excluding diaryl/α,β-unsaturated/α-hetero) is 1. The quantitative estimate of drug-likeness (QED) is 0.896. The second-order valence-corrected chi connectivity index (χ2v) is 5.83. The molecule has 2 heteroatoms. The van der Waals surface area contributed by atoms with Gasteiger partial charge in [0.25, 0.3) is 0 Å². The van der Waals surface area contributed by atoms with Crippen LogP contribution in [0.4, 0.5) is 0 Å². The minimum absolute atomic E-state index is 0.136. The molecule has 2 nitrogen and oxygen atoms in total. The number of allylic oxidation sites excluding steroid dienone is 1. The lowest BCUT2D eigenvalue weighted by Crippen LogP contribution is -2.34. The van der Waals surface area contributed by atoms with E-state index >= 15 is 0 Å². The minimum atomic E-state index is -0.136. The predicted molar refractivity (Wildman–Crippen MR) is 78.0 cm³/mol. The van der Waals surface area contributed by atoms with Crippen molar-refractivity contribution in [3.8, 4) is 0 Å². The van der Waals surface area contributed by atoms with Gasteiger partial charge in [-0.3, -0.25) is 4.79 Å². The standard InChI is InChI=1S/C17H21NO/c1-2-7-17(8-9-18-12-17)16(19)15-10-13-5-3-4-6-14(13)11-15/h3-6,10,18H,2,7-9,11-12H2,1H3. The summed E-state index contributed by atoms with van der Waals surface area (Å²) in [5.74, 6) is 0.385. The van der Waals surface area contributed by atoms with Gasteiger partial charge in [-0.05, 0) is 36.6 Å². The Hall–Kier alpha value is -1.41. The molecule has 1 atom stereocenters. The Kier molecular flexibility index (Phi) is 3.28. The molecule has 1 fully saturated rings. The van der Waals surface area contributed by atoms with Gasteiger partial charge in [-0.15, -0.1) is 0 Å². The van der Waals surface area contributed by atoms with Crippen molar-refractivity contribution in [2.75, 3.05) is 13.1 Å². The van der Waals surface area contributed by atoms with Gasteiger partial charge in [0, 0.05) is 24.0 Å². The smallest absolute Gasteiger partial charge is 0.166 e. The fourth-order valence-electron chi connectivity index (χ4n) is 3.51. The first-order valence-electron chi connectivity index (χ1n) is 7.29. The number of carbonyl (C=O) groups excluding carboxylic acids is 1. The van der Waals surface area contributed by atoms with E-state index in [0.29, 0.717) is 5.78 Å². The molecule has 3 rings (SSSR count). The topological polar surface area (TPSA) is 29.1 Å². The lowest BCUT2D eigenvalue weighted by Gasteiger charge is -2.26. The first-order valence-corrected chi connectivity index (χ1v) is 7.29. The van der Waals surface area contributed by atoms with Crippen LogP contribution in [0.3, 0.4) is 0 Å². The number of hydrogen-bond acceptors (Lipinski definition) is 2. The average Bonchev–Trinajstić information content (AvgIpc) is 3.04. The minimum Gasteiger partial charge on any atom is -0.316 e. The van der Waals surface area contributed by atoms with Gasteiger partial charge in [-0.2, -0.15) is 0 Å². The van der Waals surface area contributed by atoms with Crippen LogP contribution in [0, 0.1) is 5.41 Å². The first-order chi connectivity index (χ1) is 9.25. The van der Waals surface area contributed by atoms with Crippen LogP contribution in [0.25, 0.3) is 6.08 Å². The van der Waals surface area contributed by atoms with Gasteiger partial charge in [0.1, 0.15) is 0 Å². The van der Waals surface area contributed by atoms with E-state index in [1.54, 1.807) is 0 Å². The van der Waals surface area contributed by atoms with Crippen molar-refractivity contribution in [2.45, 2.75) is 32.6 Å². The maximum absolute atomic E-state index is 12.9.